The lowest BCUT2D eigenvalue weighted by Gasteiger charge is -2.18. The Morgan fingerprint density at radius 2 is 2.22 bits per heavy atom. The van der Waals surface area contributed by atoms with Gasteiger partial charge in [0.25, 0.3) is 0 Å². The van der Waals surface area contributed by atoms with Gasteiger partial charge in [-0.25, -0.2) is 9.97 Å². The highest BCUT2D eigenvalue weighted by Gasteiger charge is 2.21. The average molecular weight is 261 g/mol. The molecule has 3 rings (SSSR count). The second-order valence-electron chi connectivity index (χ2n) is 4.34. The van der Waals surface area contributed by atoms with Crippen LogP contribution in [-0.2, 0) is 19.4 Å². The molecule has 0 saturated heterocycles. The number of fused-ring (bicyclic) bond motifs is 3. The quantitative estimate of drug-likeness (QED) is 0.675. The van der Waals surface area contributed by atoms with Crippen LogP contribution in [0.5, 0.6) is 0 Å². The van der Waals surface area contributed by atoms with Crippen molar-refractivity contribution in [3.05, 3.63) is 29.6 Å². The Morgan fingerprint density at radius 1 is 1.39 bits per heavy atom. The molecular weight excluding hydrogens is 246 g/mol. The normalized spacial score (nSPS) is 13.2. The first kappa shape index (κ1) is 11.7. The second kappa shape index (κ2) is 4.74. The number of aromatic nitrogens is 3. The Balaban J connectivity index is 2.15. The molecule has 0 unspecified atom stereocenters. The van der Waals surface area contributed by atoms with Gasteiger partial charge in [0, 0.05) is 18.9 Å². The number of hydrogen-bond acceptors (Lipinski definition) is 4. The van der Waals surface area contributed by atoms with Crippen molar-refractivity contribution < 1.29 is 5.11 Å². The predicted octanol–water partition coefficient (Wildman–Crippen LogP) is 1.76. The molecule has 4 nitrogen and oxygen atoms in total. The maximum absolute atomic E-state index is 9.13. The fraction of sp³-hybridized carbons (Fsp3) is 0.385. The standard InChI is InChI=1S/C13H15N3OS/c1-18-13-14-8-10-3-2-9-4-5-16(6-7-17)12(9)11(10)15-13/h4-5,8,17H,2-3,6-7H2,1H3. The van der Waals surface area contributed by atoms with Gasteiger partial charge in [-0.3, -0.25) is 0 Å². The van der Waals surface area contributed by atoms with E-state index in [9.17, 15) is 0 Å². The third kappa shape index (κ3) is 1.83. The minimum atomic E-state index is 0.150. The van der Waals surface area contributed by atoms with Crippen molar-refractivity contribution in [3.63, 3.8) is 0 Å². The Labute approximate surface area is 110 Å². The third-order valence-corrected chi connectivity index (χ3v) is 3.86. The van der Waals surface area contributed by atoms with Crippen LogP contribution in [0.1, 0.15) is 11.1 Å². The van der Waals surface area contributed by atoms with Crippen molar-refractivity contribution in [2.24, 2.45) is 0 Å². The van der Waals surface area contributed by atoms with E-state index in [0.717, 1.165) is 29.4 Å². The van der Waals surface area contributed by atoms with Crippen LogP contribution in [0.15, 0.2) is 23.6 Å². The first-order valence-corrected chi connectivity index (χ1v) is 7.25. The Hall–Kier alpha value is -1.33. The van der Waals surface area contributed by atoms with Gasteiger partial charge in [0.1, 0.15) is 0 Å². The minimum Gasteiger partial charge on any atom is -0.395 e. The number of rotatable bonds is 3. The highest BCUT2D eigenvalue weighted by atomic mass is 32.2. The predicted molar refractivity (Wildman–Crippen MR) is 71.7 cm³/mol. The molecule has 0 aliphatic heterocycles. The van der Waals surface area contributed by atoms with Crippen molar-refractivity contribution in [2.45, 2.75) is 24.5 Å². The molecule has 1 N–H and O–H groups in total. The van der Waals surface area contributed by atoms with Gasteiger partial charge in [-0.2, -0.15) is 0 Å². The van der Waals surface area contributed by atoms with Crippen LogP contribution >= 0.6 is 11.8 Å². The fourth-order valence-electron chi connectivity index (χ4n) is 2.45. The molecular formula is C13H15N3OS. The maximum atomic E-state index is 9.13. The summed E-state index contributed by atoms with van der Waals surface area (Å²) in [7, 11) is 0. The number of hydrogen-bond donors (Lipinski definition) is 1. The van der Waals surface area contributed by atoms with Crippen LogP contribution in [0.3, 0.4) is 0 Å². The summed E-state index contributed by atoms with van der Waals surface area (Å²) in [6, 6.07) is 2.13. The van der Waals surface area contributed by atoms with E-state index in [0.29, 0.717) is 6.54 Å². The number of thioether (sulfide) groups is 1. The molecule has 18 heavy (non-hydrogen) atoms. The van der Waals surface area contributed by atoms with E-state index >= 15 is 0 Å². The lowest BCUT2D eigenvalue weighted by atomic mass is 9.95. The lowest BCUT2D eigenvalue weighted by molar-refractivity contribution is 0.277. The van der Waals surface area contributed by atoms with E-state index in [1.807, 2.05) is 18.6 Å². The summed E-state index contributed by atoms with van der Waals surface area (Å²) in [6.45, 7) is 0.768. The van der Waals surface area contributed by atoms with Gasteiger partial charge in [-0.05, 0) is 36.3 Å². The Bertz CT molecular complexity index is 580. The fourth-order valence-corrected chi connectivity index (χ4v) is 2.79. The van der Waals surface area contributed by atoms with Crippen LogP contribution in [-0.4, -0.2) is 32.5 Å². The zero-order valence-corrected chi connectivity index (χ0v) is 11.1. The lowest BCUT2D eigenvalue weighted by Crippen LogP contribution is -2.11. The topological polar surface area (TPSA) is 50.9 Å². The molecule has 1 aliphatic rings. The summed E-state index contributed by atoms with van der Waals surface area (Å²) < 4.78 is 2.09. The highest BCUT2D eigenvalue weighted by molar-refractivity contribution is 7.98. The third-order valence-electron chi connectivity index (χ3n) is 3.30. The monoisotopic (exact) mass is 261 g/mol. The van der Waals surface area contributed by atoms with Gasteiger partial charge in [-0.15, -0.1) is 0 Å². The van der Waals surface area contributed by atoms with Crippen molar-refractivity contribution in [1.82, 2.24) is 14.5 Å². The molecule has 0 bridgehead atoms. The summed E-state index contributed by atoms with van der Waals surface area (Å²) in [4.78, 5) is 8.97. The van der Waals surface area contributed by atoms with E-state index in [4.69, 9.17) is 5.11 Å². The smallest absolute Gasteiger partial charge is 0.187 e. The van der Waals surface area contributed by atoms with Crippen molar-refractivity contribution in [3.8, 4) is 11.4 Å². The van der Waals surface area contributed by atoms with Gasteiger partial charge < -0.3 is 9.67 Å². The highest BCUT2D eigenvalue weighted by Crippen LogP contribution is 2.33. The van der Waals surface area contributed by atoms with E-state index in [2.05, 4.69) is 20.6 Å². The molecule has 5 heteroatoms. The summed E-state index contributed by atoms with van der Waals surface area (Å²) in [6.07, 6.45) is 7.99. The molecule has 1 aliphatic carbocycles. The van der Waals surface area contributed by atoms with E-state index in [1.54, 1.807) is 11.8 Å². The molecule has 0 saturated carbocycles. The molecule has 2 aromatic heterocycles. The summed E-state index contributed by atoms with van der Waals surface area (Å²) >= 11 is 1.56. The van der Waals surface area contributed by atoms with E-state index in [1.165, 1.54) is 11.1 Å². The second-order valence-corrected chi connectivity index (χ2v) is 5.11. The van der Waals surface area contributed by atoms with Gasteiger partial charge in [0.05, 0.1) is 18.0 Å². The van der Waals surface area contributed by atoms with Crippen molar-refractivity contribution >= 4 is 11.8 Å². The zero-order valence-electron chi connectivity index (χ0n) is 10.3. The number of aliphatic hydroxyl groups excluding tert-OH is 1. The number of aryl methyl sites for hydroxylation is 2. The van der Waals surface area contributed by atoms with Crippen LogP contribution in [0.2, 0.25) is 0 Å². The van der Waals surface area contributed by atoms with E-state index < -0.39 is 0 Å². The first-order valence-electron chi connectivity index (χ1n) is 6.02. The summed E-state index contributed by atoms with van der Waals surface area (Å²) in [5.41, 5.74) is 4.72. The molecule has 2 heterocycles. The SMILES string of the molecule is CSc1ncc2c(n1)-c1c(ccn1CCO)CC2. The van der Waals surface area contributed by atoms with Crippen LogP contribution in [0.25, 0.3) is 11.4 Å². The molecule has 0 radical (unpaired) electrons. The van der Waals surface area contributed by atoms with Crippen LogP contribution in [0, 0.1) is 0 Å². The molecule has 0 amide bonds. The molecule has 0 fully saturated rings. The molecule has 2 aromatic rings. The minimum absolute atomic E-state index is 0.150. The van der Waals surface area contributed by atoms with Gasteiger partial charge in [-0.1, -0.05) is 11.8 Å². The number of aliphatic hydroxyl groups is 1. The van der Waals surface area contributed by atoms with Gasteiger partial charge in [0.2, 0.25) is 0 Å². The van der Waals surface area contributed by atoms with Crippen LogP contribution in [0.4, 0.5) is 0 Å². The van der Waals surface area contributed by atoms with Gasteiger partial charge >= 0.3 is 0 Å². The summed E-state index contributed by atoms with van der Waals surface area (Å²) in [5.74, 6) is 0. The zero-order chi connectivity index (χ0) is 12.5. The van der Waals surface area contributed by atoms with Crippen molar-refractivity contribution in [2.75, 3.05) is 12.9 Å². The largest absolute Gasteiger partial charge is 0.395 e. The first-order chi connectivity index (χ1) is 8.83. The van der Waals surface area contributed by atoms with Crippen LogP contribution < -0.4 is 0 Å². The molecule has 0 atom stereocenters. The van der Waals surface area contributed by atoms with E-state index in [-0.39, 0.29) is 6.61 Å². The average Bonchev–Trinajstić information content (AvgIpc) is 2.82. The molecule has 0 spiro atoms. The number of nitrogens with zero attached hydrogens (tertiary/aromatic N) is 3. The van der Waals surface area contributed by atoms with Gasteiger partial charge in [0.15, 0.2) is 5.16 Å². The van der Waals surface area contributed by atoms with Crippen molar-refractivity contribution in [1.29, 1.82) is 0 Å². The Morgan fingerprint density at radius 3 is 3.00 bits per heavy atom. The summed E-state index contributed by atoms with van der Waals surface area (Å²) in [5, 5.41) is 9.93. The molecule has 94 valence electrons. The Kier molecular flexibility index (Phi) is 3.09. The maximum Gasteiger partial charge on any atom is 0.187 e. The molecule has 0 aromatic carbocycles.